The minimum absolute atomic E-state index is 0.194. The summed E-state index contributed by atoms with van der Waals surface area (Å²) < 4.78 is 3.46. The molecule has 19 heavy (non-hydrogen) atoms. The third kappa shape index (κ3) is 3.72. The predicted octanol–water partition coefficient (Wildman–Crippen LogP) is 3.08. The third-order valence-electron chi connectivity index (χ3n) is 2.61. The van der Waals surface area contributed by atoms with Crippen molar-refractivity contribution in [2.75, 3.05) is 6.54 Å². The zero-order chi connectivity index (χ0) is 13.6. The molecular weight excluding hydrogens is 336 g/mol. The van der Waals surface area contributed by atoms with E-state index in [0.29, 0.717) is 0 Å². The number of benzene rings is 2. The molecule has 97 valence electrons. The second-order valence-corrected chi connectivity index (χ2v) is 14.7. The molecule has 1 radical (unpaired) electrons. The summed E-state index contributed by atoms with van der Waals surface area (Å²) in [6, 6.07) is 21.0. The molecule has 0 aliphatic heterocycles. The van der Waals surface area contributed by atoms with Gasteiger partial charge in [0.05, 0.1) is 0 Å². The summed E-state index contributed by atoms with van der Waals surface area (Å²) in [5, 5.41) is 0.853. The molecule has 0 bridgehead atoms. The maximum atomic E-state index is 6.09. The van der Waals surface area contributed by atoms with Crippen molar-refractivity contribution in [1.29, 1.82) is 0 Å². The third-order valence-corrected chi connectivity index (χ3v) is 12.8. The van der Waals surface area contributed by atoms with Crippen LogP contribution in [0.5, 0.6) is 0 Å². The number of nitrogens with one attached hydrogen (secondary N) is 1. The monoisotopic (exact) mass is 353 g/mol. The Morgan fingerprint density at radius 3 is 1.89 bits per heavy atom. The molecule has 0 atom stereocenters. The number of hydrogen-bond donors (Lipinski definition) is 1. The van der Waals surface area contributed by atoms with Crippen molar-refractivity contribution in [1.82, 2.24) is 4.33 Å². The van der Waals surface area contributed by atoms with E-state index < -0.39 is 5.15 Å². The molecule has 0 saturated carbocycles. The van der Waals surface area contributed by atoms with E-state index in [1.807, 2.05) is 18.2 Å². The van der Waals surface area contributed by atoms with Crippen LogP contribution in [-0.2, 0) is 0 Å². The van der Waals surface area contributed by atoms with Gasteiger partial charge in [-0.15, -0.1) is 0 Å². The summed E-state index contributed by atoms with van der Waals surface area (Å²) in [6.07, 6.45) is 1.89. The van der Waals surface area contributed by atoms with E-state index in [4.69, 9.17) is 12.2 Å². The first kappa shape index (κ1) is 14.8. The summed E-state index contributed by atoms with van der Waals surface area (Å²) in [5.74, 6) is 0. The van der Waals surface area contributed by atoms with Gasteiger partial charge in [0.1, 0.15) is 0 Å². The first-order valence-corrected chi connectivity index (χ1v) is 11.9. The summed E-state index contributed by atoms with van der Waals surface area (Å²) >= 11 is 6.28. The van der Waals surface area contributed by atoms with Crippen LogP contribution >= 0.6 is 17.4 Å². The molecule has 2 aromatic rings. The van der Waals surface area contributed by atoms with Crippen LogP contribution in [0.15, 0.2) is 73.3 Å². The van der Waals surface area contributed by atoms with E-state index in [2.05, 4.69) is 59.4 Å². The molecular formula is C15H16NPSSe+. The summed E-state index contributed by atoms with van der Waals surface area (Å²) in [7, 11) is 0. The van der Waals surface area contributed by atoms with Crippen molar-refractivity contribution >= 4 is 42.7 Å². The Balaban J connectivity index is 2.35. The molecule has 0 saturated heterocycles. The van der Waals surface area contributed by atoms with Crippen LogP contribution in [0.3, 0.4) is 0 Å². The van der Waals surface area contributed by atoms with Crippen molar-refractivity contribution in [2.24, 2.45) is 0 Å². The summed E-state index contributed by atoms with van der Waals surface area (Å²) in [5.41, 5.74) is 0. The number of hydrogen-bond acceptors (Lipinski definition) is 1. The van der Waals surface area contributed by atoms with Crippen LogP contribution in [0.25, 0.3) is 0 Å². The van der Waals surface area contributed by atoms with Gasteiger partial charge in [0.15, 0.2) is 0 Å². The summed E-state index contributed by atoms with van der Waals surface area (Å²) in [6.45, 7) is 4.57. The zero-order valence-electron chi connectivity index (χ0n) is 10.5. The van der Waals surface area contributed by atoms with Crippen molar-refractivity contribution in [2.45, 2.75) is 0 Å². The van der Waals surface area contributed by atoms with Crippen LogP contribution in [0.1, 0.15) is 0 Å². The van der Waals surface area contributed by atoms with Gasteiger partial charge >= 0.3 is 127 Å². The van der Waals surface area contributed by atoms with Crippen molar-refractivity contribution in [3.8, 4) is 0 Å². The molecule has 0 unspecified atom stereocenters. The molecule has 0 heterocycles. The maximum absolute atomic E-state index is 6.09. The second kappa shape index (κ2) is 7.28. The van der Waals surface area contributed by atoms with E-state index in [-0.39, 0.29) is 14.7 Å². The fourth-order valence-corrected chi connectivity index (χ4v) is 9.86. The van der Waals surface area contributed by atoms with E-state index in [0.717, 1.165) is 6.54 Å². The Labute approximate surface area is 127 Å². The van der Waals surface area contributed by atoms with Crippen molar-refractivity contribution in [3.05, 3.63) is 73.3 Å². The van der Waals surface area contributed by atoms with Crippen LogP contribution < -0.4 is 14.9 Å². The molecule has 0 aromatic heterocycles. The molecule has 0 fully saturated rings. The van der Waals surface area contributed by atoms with Crippen molar-refractivity contribution in [3.63, 3.8) is 0 Å². The van der Waals surface area contributed by atoms with Gasteiger partial charge in [0.2, 0.25) is 0 Å². The van der Waals surface area contributed by atoms with Gasteiger partial charge in [0, 0.05) is 0 Å². The van der Waals surface area contributed by atoms with Gasteiger partial charge in [-0.1, -0.05) is 0 Å². The Morgan fingerprint density at radius 2 is 1.47 bits per heavy atom. The zero-order valence-corrected chi connectivity index (χ0v) is 14.0. The van der Waals surface area contributed by atoms with E-state index in [1.165, 1.54) is 10.6 Å². The van der Waals surface area contributed by atoms with Crippen LogP contribution in [0, 0.1) is 0 Å². The van der Waals surface area contributed by atoms with Gasteiger partial charge in [-0.05, 0) is 0 Å². The minimum atomic E-state index is -1.72. The van der Waals surface area contributed by atoms with E-state index in [9.17, 15) is 0 Å². The first-order chi connectivity index (χ1) is 9.27. The predicted molar refractivity (Wildman–Crippen MR) is 90.6 cm³/mol. The van der Waals surface area contributed by atoms with Gasteiger partial charge in [-0.25, -0.2) is 0 Å². The average molecular weight is 352 g/mol. The standard InChI is InChI=1S/C15H16NPSSe/c1-2-13-16-19-17(18,14-9-5-3-6-10-14)15-11-7-4-8-12-15/h2-12,16H,1,13H2/q+1. The molecule has 1 N–H and O–H groups in total. The van der Waals surface area contributed by atoms with Gasteiger partial charge in [-0.2, -0.15) is 0 Å². The normalized spacial score (nSPS) is 11.2. The second-order valence-electron chi connectivity index (χ2n) is 3.95. The van der Waals surface area contributed by atoms with Crippen LogP contribution in [0.2, 0.25) is 0 Å². The summed E-state index contributed by atoms with van der Waals surface area (Å²) in [4.78, 5) is 0. The fourth-order valence-electron chi connectivity index (χ4n) is 1.69. The molecule has 2 aromatic carbocycles. The molecule has 0 aliphatic rings. The molecule has 0 spiro atoms. The van der Waals surface area contributed by atoms with Gasteiger partial charge < -0.3 is 0 Å². The van der Waals surface area contributed by atoms with Crippen LogP contribution in [-0.4, -0.2) is 21.3 Å². The Bertz CT molecular complexity index is 479. The number of rotatable bonds is 6. The van der Waals surface area contributed by atoms with E-state index in [1.54, 1.807) is 0 Å². The topological polar surface area (TPSA) is 12.0 Å². The molecule has 2 rings (SSSR count). The van der Waals surface area contributed by atoms with Crippen molar-refractivity contribution < 1.29 is 0 Å². The van der Waals surface area contributed by atoms with Gasteiger partial charge in [-0.3, -0.25) is 0 Å². The molecule has 4 heteroatoms. The van der Waals surface area contributed by atoms with Crippen LogP contribution in [0.4, 0.5) is 0 Å². The quantitative estimate of drug-likeness (QED) is 0.365. The molecule has 1 nitrogen and oxygen atoms in total. The Hall–Kier alpha value is -0.561. The van der Waals surface area contributed by atoms with Gasteiger partial charge in [0.25, 0.3) is 0 Å². The SMILES string of the molecule is C=CCN[Se][P+]([S])(c1ccccc1)c1ccccc1. The van der Waals surface area contributed by atoms with E-state index >= 15 is 0 Å². The Morgan fingerprint density at radius 1 is 1.00 bits per heavy atom. The average Bonchev–Trinajstić information content (AvgIpc) is 2.49. The molecule has 0 aliphatic carbocycles. The fraction of sp³-hybridized carbons (Fsp3) is 0.0667. The first-order valence-electron chi connectivity index (χ1n) is 6.01. The molecule has 0 amide bonds. The Kier molecular flexibility index (Phi) is 5.69.